The summed E-state index contributed by atoms with van der Waals surface area (Å²) in [5.41, 5.74) is 6.40. The molecule has 164 valence electrons. The van der Waals surface area contributed by atoms with Crippen LogP contribution in [-0.2, 0) is 25.6 Å². The van der Waals surface area contributed by atoms with Gasteiger partial charge in [-0.1, -0.05) is 12.1 Å². The number of carbonyl (C=O) groups is 4. The van der Waals surface area contributed by atoms with Gasteiger partial charge in [0.05, 0.1) is 6.04 Å². The van der Waals surface area contributed by atoms with Crippen molar-refractivity contribution in [1.82, 2.24) is 15.5 Å². The van der Waals surface area contributed by atoms with Gasteiger partial charge in [0.2, 0.25) is 17.7 Å². The van der Waals surface area contributed by atoms with Gasteiger partial charge in [0, 0.05) is 18.7 Å². The van der Waals surface area contributed by atoms with Crippen LogP contribution in [0.3, 0.4) is 0 Å². The van der Waals surface area contributed by atoms with Crippen molar-refractivity contribution in [2.24, 2.45) is 5.73 Å². The van der Waals surface area contributed by atoms with Crippen LogP contribution in [0.5, 0.6) is 5.75 Å². The lowest BCUT2D eigenvalue weighted by atomic mass is 10.0. The highest BCUT2D eigenvalue weighted by Crippen LogP contribution is 2.20. The largest absolute Gasteiger partial charge is 0.508 e. The van der Waals surface area contributed by atoms with E-state index in [4.69, 9.17) is 10.8 Å². The first-order chi connectivity index (χ1) is 14.2. The molecular formula is C19H26N4O6S. The van der Waals surface area contributed by atoms with Crippen LogP contribution in [0.4, 0.5) is 0 Å². The number of aromatic hydroxyl groups is 1. The molecule has 1 aromatic rings. The number of benzene rings is 1. The topological polar surface area (TPSA) is 162 Å². The molecule has 0 aliphatic carbocycles. The maximum atomic E-state index is 13.2. The van der Waals surface area contributed by atoms with Gasteiger partial charge in [0.15, 0.2) is 0 Å². The number of nitrogens with one attached hydrogen (secondary N) is 2. The van der Waals surface area contributed by atoms with Gasteiger partial charge in [-0.3, -0.25) is 19.2 Å². The molecule has 0 radical (unpaired) electrons. The molecule has 1 aliphatic rings. The van der Waals surface area contributed by atoms with Gasteiger partial charge >= 0.3 is 5.97 Å². The van der Waals surface area contributed by atoms with E-state index in [1.807, 2.05) is 0 Å². The highest BCUT2D eigenvalue weighted by molar-refractivity contribution is 7.80. The highest BCUT2D eigenvalue weighted by Gasteiger charge is 2.38. The van der Waals surface area contributed by atoms with Crippen molar-refractivity contribution in [3.05, 3.63) is 29.8 Å². The predicted octanol–water partition coefficient (Wildman–Crippen LogP) is -1.13. The number of aliphatic carboxylic acids is 1. The van der Waals surface area contributed by atoms with Crippen LogP contribution in [0, 0.1) is 0 Å². The summed E-state index contributed by atoms with van der Waals surface area (Å²) in [7, 11) is 0. The molecule has 3 amide bonds. The molecule has 1 aromatic carbocycles. The fourth-order valence-corrected chi connectivity index (χ4v) is 3.38. The number of phenols is 1. The van der Waals surface area contributed by atoms with E-state index in [1.165, 1.54) is 17.0 Å². The second kappa shape index (κ2) is 10.8. The van der Waals surface area contributed by atoms with Gasteiger partial charge < -0.3 is 31.5 Å². The van der Waals surface area contributed by atoms with E-state index in [0.29, 0.717) is 24.9 Å². The zero-order chi connectivity index (χ0) is 22.3. The molecule has 10 nitrogen and oxygen atoms in total. The average molecular weight is 439 g/mol. The summed E-state index contributed by atoms with van der Waals surface area (Å²) in [5, 5.41) is 23.1. The third kappa shape index (κ3) is 6.36. The SMILES string of the molecule is NC(CS)C(=O)NC(Cc1ccc(O)cc1)C(=O)N1CCCC1C(=O)NCC(=O)O. The van der Waals surface area contributed by atoms with Gasteiger partial charge in [-0.15, -0.1) is 0 Å². The molecule has 1 saturated heterocycles. The van der Waals surface area contributed by atoms with Gasteiger partial charge in [0.25, 0.3) is 0 Å². The molecule has 6 N–H and O–H groups in total. The van der Waals surface area contributed by atoms with Crippen LogP contribution < -0.4 is 16.4 Å². The summed E-state index contributed by atoms with van der Waals surface area (Å²) in [5.74, 6) is -2.58. The van der Waals surface area contributed by atoms with Crippen LogP contribution in [0.25, 0.3) is 0 Å². The van der Waals surface area contributed by atoms with Crippen molar-refractivity contribution in [3.8, 4) is 5.75 Å². The maximum Gasteiger partial charge on any atom is 0.322 e. The molecule has 2 rings (SSSR count). The Morgan fingerprint density at radius 1 is 1.23 bits per heavy atom. The number of amides is 3. The van der Waals surface area contributed by atoms with E-state index >= 15 is 0 Å². The minimum absolute atomic E-state index is 0.0671. The van der Waals surface area contributed by atoms with Crippen molar-refractivity contribution in [1.29, 1.82) is 0 Å². The summed E-state index contributed by atoms with van der Waals surface area (Å²) in [6.07, 6.45) is 1.10. The van der Waals surface area contributed by atoms with Crippen LogP contribution >= 0.6 is 12.6 Å². The van der Waals surface area contributed by atoms with E-state index in [2.05, 4.69) is 23.3 Å². The van der Waals surface area contributed by atoms with Crippen LogP contribution in [0.15, 0.2) is 24.3 Å². The van der Waals surface area contributed by atoms with E-state index in [1.54, 1.807) is 12.1 Å². The van der Waals surface area contributed by atoms with Crippen LogP contribution in [0.2, 0.25) is 0 Å². The standard InChI is InChI=1S/C19H26N4O6S/c20-13(10-30)17(27)22-14(8-11-3-5-12(24)6-4-11)19(29)23-7-1-2-15(23)18(28)21-9-16(25)26/h3-6,13-15,24,30H,1-2,7-10,20H2,(H,21,28)(H,22,27)(H,25,26). The molecule has 1 aliphatic heterocycles. The van der Waals surface area contributed by atoms with Crippen molar-refractivity contribution in [3.63, 3.8) is 0 Å². The first kappa shape index (κ1) is 23.5. The maximum absolute atomic E-state index is 13.2. The quantitative estimate of drug-likeness (QED) is 0.266. The molecular weight excluding hydrogens is 412 g/mol. The van der Waals surface area contributed by atoms with Crippen molar-refractivity contribution in [2.75, 3.05) is 18.8 Å². The molecule has 0 bridgehead atoms. The number of nitrogens with zero attached hydrogens (tertiary/aromatic N) is 1. The number of thiol groups is 1. The molecule has 0 aromatic heterocycles. The molecule has 0 saturated carbocycles. The summed E-state index contributed by atoms with van der Waals surface area (Å²) in [6.45, 7) is -0.230. The smallest absolute Gasteiger partial charge is 0.322 e. The summed E-state index contributed by atoms with van der Waals surface area (Å²) >= 11 is 4.00. The second-order valence-corrected chi connectivity index (χ2v) is 7.39. The number of carboxylic acid groups (broad SMARTS) is 1. The minimum Gasteiger partial charge on any atom is -0.508 e. The fourth-order valence-electron chi connectivity index (χ4n) is 3.21. The zero-order valence-electron chi connectivity index (χ0n) is 16.3. The molecule has 11 heteroatoms. The Morgan fingerprint density at radius 3 is 2.50 bits per heavy atom. The van der Waals surface area contributed by atoms with Gasteiger partial charge in [-0.05, 0) is 30.5 Å². The van der Waals surface area contributed by atoms with Crippen molar-refractivity contribution < 1.29 is 29.4 Å². The number of carboxylic acids is 1. The predicted molar refractivity (Wildman–Crippen MR) is 111 cm³/mol. The molecule has 3 atom stereocenters. The number of hydrogen-bond donors (Lipinski definition) is 6. The fraction of sp³-hybridized carbons (Fsp3) is 0.474. The Bertz CT molecular complexity index is 788. The van der Waals surface area contributed by atoms with Gasteiger partial charge in [0.1, 0.15) is 24.4 Å². The minimum atomic E-state index is -1.18. The van der Waals surface area contributed by atoms with Crippen LogP contribution in [0.1, 0.15) is 18.4 Å². The third-order valence-electron chi connectivity index (χ3n) is 4.78. The lowest BCUT2D eigenvalue weighted by molar-refractivity contribution is -0.142. The lowest BCUT2D eigenvalue weighted by Crippen LogP contribution is -2.56. The second-order valence-electron chi connectivity index (χ2n) is 7.02. The Balaban J connectivity index is 2.19. The van der Waals surface area contributed by atoms with E-state index < -0.39 is 48.4 Å². The number of rotatable bonds is 9. The number of carbonyl (C=O) groups excluding carboxylic acids is 3. The molecule has 3 unspecified atom stereocenters. The van der Waals surface area contributed by atoms with E-state index in [9.17, 15) is 24.3 Å². The first-order valence-electron chi connectivity index (χ1n) is 9.47. The molecule has 30 heavy (non-hydrogen) atoms. The van der Waals surface area contributed by atoms with Gasteiger partial charge in [-0.25, -0.2) is 0 Å². The number of likely N-dealkylation sites (tertiary alicyclic amines) is 1. The zero-order valence-corrected chi connectivity index (χ0v) is 17.2. The van der Waals surface area contributed by atoms with Crippen molar-refractivity contribution >= 4 is 36.3 Å². The first-order valence-corrected chi connectivity index (χ1v) is 10.1. The third-order valence-corrected chi connectivity index (χ3v) is 5.17. The van der Waals surface area contributed by atoms with E-state index in [0.717, 1.165) is 0 Å². The molecule has 1 fully saturated rings. The number of nitrogens with two attached hydrogens (primary N) is 1. The van der Waals surface area contributed by atoms with Crippen LogP contribution in [-0.4, -0.2) is 75.8 Å². The summed E-state index contributed by atoms with van der Waals surface area (Å²) in [6, 6.07) is 3.49. The number of hydrogen-bond acceptors (Lipinski definition) is 7. The number of phenolic OH excluding ortho intramolecular Hbond substituents is 1. The van der Waals surface area contributed by atoms with Crippen molar-refractivity contribution in [2.45, 2.75) is 37.4 Å². The Hall–Kier alpha value is -2.79. The molecule has 0 spiro atoms. The van der Waals surface area contributed by atoms with Gasteiger partial charge in [-0.2, -0.15) is 12.6 Å². The summed E-state index contributed by atoms with van der Waals surface area (Å²) < 4.78 is 0. The Labute approximate surface area is 179 Å². The van der Waals surface area contributed by atoms with E-state index in [-0.39, 0.29) is 17.9 Å². The Morgan fingerprint density at radius 2 is 1.90 bits per heavy atom. The normalized spacial score (nSPS) is 17.8. The summed E-state index contributed by atoms with van der Waals surface area (Å²) in [4.78, 5) is 49.9. The Kier molecular flexibility index (Phi) is 8.48. The monoisotopic (exact) mass is 438 g/mol. The highest BCUT2D eigenvalue weighted by atomic mass is 32.1. The average Bonchev–Trinajstić information content (AvgIpc) is 3.21. The lowest BCUT2D eigenvalue weighted by Gasteiger charge is -2.29. The molecule has 1 heterocycles.